The van der Waals surface area contributed by atoms with Gasteiger partial charge >= 0.3 is 0 Å². The minimum absolute atomic E-state index is 0.130. The molecule has 3 heterocycles. The summed E-state index contributed by atoms with van der Waals surface area (Å²) in [7, 11) is 1.91. The van der Waals surface area contributed by atoms with Crippen molar-refractivity contribution in [2.75, 3.05) is 5.32 Å². The molecule has 7 nitrogen and oxygen atoms in total. The van der Waals surface area contributed by atoms with E-state index in [1.54, 1.807) is 12.5 Å². The molecule has 7 heteroatoms. The Hall–Kier alpha value is -2.44. The molecule has 3 aromatic rings. The summed E-state index contributed by atoms with van der Waals surface area (Å²) in [6.07, 6.45) is 3.34. The van der Waals surface area contributed by atoms with Crippen LogP contribution in [0.5, 0.6) is 0 Å². The summed E-state index contributed by atoms with van der Waals surface area (Å²) in [5, 5.41) is 12.9. The molecular weight excluding hydrogens is 266 g/mol. The first kappa shape index (κ1) is 13.5. The van der Waals surface area contributed by atoms with Crippen LogP contribution in [-0.4, -0.2) is 29.5 Å². The maximum absolute atomic E-state index is 4.44. The van der Waals surface area contributed by atoms with Crippen molar-refractivity contribution in [2.24, 2.45) is 7.05 Å². The van der Waals surface area contributed by atoms with Crippen LogP contribution in [0, 0.1) is 6.92 Å². The Labute approximate surface area is 123 Å². The van der Waals surface area contributed by atoms with E-state index in [0.29, 0.717) is 5.82 Å². The highest BCUT2D eigenvalue weighted by Crippen LogP contribution is 2.25. The van der Waals surface area contributed by atoms with Crippen LogP contribution in [0.15, 0.2) is 18.6 Å². The number of aromatic nitrogens is 6. The maximum atomic E-state index is 4.44. The summed E-state index contributed by atoms with van der Waals surface area (Å²) >= 11 is 0. The molecular formula is C14H19N7. The summed E-state index contributed by atoms with van der Waals surface area (Å²) < 4.78 is 3.72. The topological polar surface area (TPSA) is 73.5 Å². The van der Waals surface area contributed by atoms with Crippen LogP contribution in [0.4, 0.5) is 11.6 Å². The molecule has 0 radical (unpaired) electrons. The van der Waals surface area contributed by atoms with Crippen molar-refractivity contribution in [2.45, 2.75) is 33.2 Å². The molecule has 3 rings (SSSR count). The smallest absolute Gasteiger partial charge is 0.163 e. The average Bonchev–Trinajstić information content (AvgIpc) is 2.94. The number of fused-ring (bicyclic) bond motifs is 1. The first-order valence-corrected chi connectivity index (χ1v) is 6.83. The normalized spacial score (nSPS) is 12.0. The van der Waals surface area contributed by atoms with Gasteiger partial charge in [-0.15, -0.1) is 0 Å². The molecule has 0 saturated heterocycles. The minimum Gasteiger partial charge on any atom is -0.323 e. The summed E-state index contributed by atoms with van der Waals surface area (Å²) in [6, 6.07) is 1.97. The number of hydrogen-bond acceptors (Lipinski definition) is 5. The number of anilines is 2. The van der Waals surface area contributed by atoms with E-state index in [4.69, 9.17) is 0 Å². The van der Waals surface area contributed by atoms with Crippen LogP contribution in [0.2, 0.25) is 0 Å². The lowest BCUT2D eigenvalue weighted by atomic mass is 10.1. The highest BCUT2D eigenvalue weighted by Gasteiger charge is 2.19. The summed E-state index contributed by atoms with van der Waals surface area (Å²) in [5.41, 5.74) is 1.76. The minimum atomic E-state index is -0.130. The van der Waals surface area contributed by atoms with Gasteiger partial charge in [-0.3, -0.25) is 4.68 Å². The number of nitrogens with zero attached hydrogens (tertiary/aromatic N) is 6. The molecule has 0 bridgehead atoms. The van der Waals surface area contributed by atoms with Gasteiger partial charge in [-0.2, -0.15) is 10.2 Å². The van der Waals surface area contributed by atoms with E-state index in [1.165, 1.54) is 0 Å². The zero-order valence-corrected chi connectivity index (χ0v) is 12.9. The third-order valence-electron chi connectivity index (χ3n) is 3.36. The van der Waals surface area contributed by atoms with Crippen molar-refractivity contribution < 1.29 is 0 Å². The molecule has 0 fully saturated rings. The molecule has 0 spiro atoms. The van der Waals surface area contributed by atoms with Crippen LogP contribution in [-0.2, 0) is 12.6 Å². The number of aryl methyl sites for hydroxylation is 2. The fourth-order valence-electron chi connectivity index (χ4n) is 2.18. The Morgan fingerprint density at radius 3 is 2.57 bits per heavy atom. The van der Waals surface area contributed by atoms with E-state index < -0.39 is 0 Å². The van der Waals surface area contributed by atoms with Gasteiger partial charge in [0.2, 0.25) is 0 Å². The molecule has 21 heavy (non-hydrogen) atoms. The number of hydrogen-bond donors (Lipinski definition) is 1. The predicted molar refractivity (Wildman–Crippen MR) is 81.5 cm³/mol. The Kier molecular flexibility index (Phi) is 2.93. The zero-order valence-electron chi connectivity index (χ0n) is 12.9. The lowest BCUT2D eigenvalue weighted by molar-refractivity contribution is 0.366. The van der Waals surface area contributed by atoms with Crippen LogP contribution < -0.4 is 5.32 Å². The molecule has 0 amide bonds. The number of rotatable bonds is 2. The molecule has 0 unspecified atom stereocenters. The first-order chi connectivity index (χ1) is 9.86. The van der Waals surface area contributed by atoms with E-state index in [1.807, 2.05) is 29.4 Å². The maximum Gasteiger partial charge on any atom is 0.163 e. The van der Waals surface area contributed by atoms with Crippen LogP contribution >= 0.6 is 0 Å². The standard InChI is InChI=1S/C14H19N7/c1-9-6-11(19-20(9)5)18-12-10-7-17-21(14(2,3)4)13(10)16-8-15-12/h6-8H,1-5H3,(H,15,16,18,19). The third kappa shape index (κ3) is 2.35. The van der Waals surface area contributed by atoms with Crippen molar-refractivity contribution in [1.82, 2.24) is 29.5 Å². The Bertz CT molecular complexity index is 772. The highest BCUT2D eigenvalue weighted by atomic mass is 15.3. The van der Waals surface area contributed by atoms with Gasteiger partial charge in [0.05, 0.1) is 17.1 Å². The third-order valence-corrected chi connectivity index (χ3v) is 3.36. The number of nitrogens with one attached hydrogen (secondary N) is 1. The van der Waals surface area contributed by atoms with Crippen molar-refractivity contribution in [3.05, 3.63) is 24.3 Å². The zero-order chi connectivity index (χ0) is 15.2. The van der Waals surface area contributed by atoms with Gasteiger partial charge in [0, 0.05) is 18.8 Å². The van der Waals surface area contributed by atoms with Crippen LogP contribution in [0.1, 0.15) is 26.5 Å². The van der Waals surface area contributed by atoms with Crippen molar-refractivity contribution in [1.29, 1.82) is 0 Å². The molecule has 0 aromatic carbocycles. The molecule has 3 aromatic heterocycles. The second kappa shape index (κ2) is 4.54. The Balaban J connectivity index is 2.05. The lowest BCUT2D eigenvalue weighted by Gasteiger charge is -2.19. The molecule has 0 saturated carbocycles. The molecule has 0 atom stereocenters. The highest BCUT2D eigenvalue weighted by molar-refractivity contribution is 5.87. The first-order valence-electron chi connectivity index (χ1n) is 6.83. The van der Waals surface area contributed by atoms with E-state index in [0.717, 1.165) is 22.5 Å². The molecule has 110 valence electrons. The van der Waals surface area contributed by atoms with Gasteiger partial charge in [0.25, 0.3) is 0 Å². The fraction of sp³-hybridized carbons (Fsp3) is 0.429. The summed E-state index contributed by atoms with van der Waals surface area (Å²) in [5.74, 6) is 1.48. The lowest BCUT2D eigenvalue weighted by Crippen LogP contribution is -2.23. The van der Waals surface area contributed by atoms with Crippen molar-refractivity contribution in [3.8, 4) is 0 Å². The quantitative estimate of drug-likeness (QED) is 0.782. The summed E-state index contributed by atoms with van der Waals surface area (Å²) in [6.45, 7) is 8.29. The van der Waals surface area contributed by atoms with E-state index in [-0.39, 0.29) is 5.54 Å². The molecule has 1 N–H and O–H groups in total. The second-order valence-electron chi connectivity index (χ2n) is 6.11. The molecule has 0 aliphatic rings. The SMILES string of the molecule is Cc1cc(Nc2ncnc3c2cnn3C(C)(C)C)nn1C. The second-order valence-corrected chi connectivity index (χ2v) is 6.11. The summed E-state index contributed by atoms with van der Waals surface area (Å²) in [4.78, 5) is 8.67. The average molecular weight is 285 g/mol. The van der Waals surface area contributed by atoms with E-state index in [2.05, 4.69) is 46.3 Å². The molecule has 0 aliphatic carbocycles. The van der Waals surface area contributed by atoms with Crippen molar-refractivity contribution >= 4 is 22.7 Å². The predicted octanol–water partition coefficient (Wildman–Crippen LogP) is 2.37. The Morgan fingerprint density at radius 1 is 1.19 bits per heavy atom. The Morgan fingerprint density at radius 2 is 1.95 bits per heavy atom. The van der Waals surface area contributed by atoms with E-state index in [9.17, 15) is 0 Å². The van der Waals surface area contributed by atoms with E-state index >= 15 is 0 Å². The van der Waals surface area contributed by atoms with Gasteiger partial charge in [0.15, 0.2) is 11.5 Å². The van der Waals surface area contributed by atoms with Gasteiger partial charge in [-0.05, 0) is 27.7 Å². The fourth-order valence-corrected chi connectivity index (χ4v) is 2.18. The monoisotopic (exact) mass is 285 g/mol. The van der Waals surface area contributed by atoms with Gasteiger partial charge in [-0.25, -0.2) is 14.6 Å². The van der Waals surface area contributed by atoms with Gasteiger partial charge in [0.1, 0.15) is 12.1 Å². The van der Waals surface area contributed by atoms with Gasteiger partial charge < -0.3 is 5.32 Å². The molecule has 0 aliphatic heterocycles. The van der Waals surface area contributed by atoms with Crippen LogP contribution in [0.25, 0.3) is 11.0 Å². The van der Waals surface area contributed by atoms with Crippen LogP contribution in [0.3, 0.4) is 0 Å². The van der Waals surface area contributed by atoms with Crippen molar-refractivity contribution in [3.63, 3.8) is 0 Å². The van der Waals surface area contributed by atoms with Gasteiger partial charge in [-0.1, -0.05) is 0 Å². The largest absolute Gasteiger partial charge is 0.323 e.